The lowest BCUT2D eigenvalue weighted by molar-refractivity contribution is -0.140. The van der Waals surface area contributed by atoms with Gasteiger partial charge in [0.1, 0.15) is 0 Å². The molecule has 1 aliphatic heterocycles. The summed E-state index contributed by atoms with van der Waals surface area (Å²) in [5, 5.41) is 0. The molecule has 1 amide bonds. The topological polar surface area (TPSA) is 75.7 Å². The number of carbonyl (C=O) groups excluding carboxylic acids is 1. The van der Waals surface area contributed by atoms with Gasteiger partial charge in [-0.2, -0.15) is 4.31 Å². The van der Waals surface area contributed by atoms with Crippen LogP contribution in [0.1, 0.15) is 43.7 Å². The van der Waals surface area contributed by atoms with Crippen molar-refractivity contribution in [1.29, 1.82) is 0 Å². The average Bonchev–Trinajstić information content (AvgIpc) is 2.74. The second-order valence-corrected chi connectivity index (χ2v) is 9.58. The summed E-state index contributed by atoms with van der Waals surface area (Å²) < 4.78 is 27.2. The number of sulfonamides is 1. The first-order valence-electron chi connectivity index (χ1n) is 9.93. The molecule has 156 valence electrons. The minimum absolute atomic E-state index is 0.195. The predicted octanol–water partition coefficient (Wildman–Crippen LogP) is 3.46. The third kappa shape index (κ3) is 5.44. The first-order valence-corrected chi connectivity index (χ1v) is 11.4. The van der Waals surface area contributed by atoms with Gasteiger partial charge >= 0.3 is 0 Å². The highest BCUT2D eigenvalue weighted by Crippen LogP contribution is 2.25. The summed E-state index contributed by atoms with van der Waals surface area (Å²) >= 11 is 0. The Bertz CT molecular complexity index is 904. The van der Waals surface area contributed by atoms with E-state index < -0.39 is 10.0 Å². The Morgan fingerprint density at radius 2 is 1.69 bits per heavy atom. The molecule has 1 fully saturated rings. The molecule has 0 unspecified atom stereocenters. The molecule has 0 radical (unpaired) electrons. The predicted molar refractivity (Wildman–Crippen MR) is 111 cm³/mol. The Kier molecular flexibility index (Phi) is 7.05. The number of piperidine rings is 1. The van der Waals surface area contributed by atoms with Gasteiger partial charge in [0.05, 0.1) is 11.5 Å². The minimum Gasteiger partial charge on any atom is -0.272 e. The molecule has 2 aromatic carbocycles. The highest BCUT2D eigenvalue weighted by Gasteiger charge is 2.32. The fourth-order valence-corrected chi connectivity index (χ4v) is 4.85. The number of nitrogens with zero attached hydrogens (tertiary/aromatic N) is 1. The van der Waals surface area contributed by atoms with Crippen LogP contribution in [0, 0.1) is 5.92 Å². The molecule has 6 nitrogen and oxygen atoms in total. The van der Waals surface area contributed by atoms with E-state index in [4.69, 9.17) is 4.84 Å². The van der Waals surface area contributed by atoms with Crippen molar-refractivity contribution in [3.8, 4) is 0 Å². The Balaban J connectivity index is 1.50. The summed E-state index contributed by atoms with van der Waals surface area (Å²) in [6.07, 6.45) is 0.952. The van der Waals surface area contributed by atoms with E-state index in [1.54, 1.807) is 12.1 Å². The van der Waals surface area contributed by atoms with Crippen LogP contribution in [-0.2, 0) is 26.3 Å². The van der Waals surface area contributed by atoms with Crippen LogP contribution in [0.2, 0.25) is 0 Å². The molecule has 1 heterocycles. The molecule has 0 spiro atoms. The lowest BCUT2D eigenvalue weighted by Gasteiger charge is -2.30. The normalized spacial score (nSPS) is 16.1. The maximum atomic E-state index is 12.9. The number of carbonyl (C=O) groups is 1. The Morgan fingerprint density at radius 3 is 2.28 bits per heavy atom. The molecular formula is C22H28N2O4S. The maximum Gasteiger partial charge on any atom is 0.246 e. The van der Waals surface area contributed by atoms with Gasteiger partial charge in [0, 0.05) is 19.0 Å². The number of amides is 1. The molecule has 29 heavy (non-hydrogen) atoms. The smallest absolute Gasteiger partial charge is 0.246 e. The van der Waals surface area contributed by atoms with Gasteiger partial charge < -0.3 is 0 Å². The number of hydroxylamine groups is 1. The molecule has 1 aliphatic rings. The first-order chi connectivity index (χ1) is 13.9. The molecule has 1 N–H and O–H groups in total. The van der Waals surface area contributed by atoms with E-state index in [9.17, 15) is 13.2 Å². The molecular weight excluding hydrogens is 388 g/mol. The minimum atomic E-state index is -3.54. The van der Waals surface area contributed by atoms with Gasteiger partial charge in [-0.15, -0.1) is 0 Å². The molecule has 0 aliphatic carbocycles. The lowest BCUT2D eigenvalue weighted by Crippen LogP contribution is -2.42. The van der Waals surface area contributed by atoms with Crippen LogP contribution in [0.5, 0.6) is 0 Å². The van der Waals surface area contributed by atoms with Crippen molar-refractivity contribution < 1.29 is 18.0 Å². The van der Waals surface area contributed by atoms with Crippen LogP contribution in [0.25, 0.3) is 0 Å². The van der Waals surface area contributed by atoms with E-state index in [0.717, 1.165) is 11.1 Å². The number of hydrogen-bond donors (Lipinski definition) is 1. The monoisotopic (exact) mass is 416 g/mol. The van der Waals surface area contributed by atoms with Crippen LogP contribution in [0.3, 0.4) is 0 Å². The summed E-state index contributed by atoms with van der Waals surface area (Å²) in [7, 11) is -3.54. The van der Waals surface area contributed by atoms with Crippen LogP contribution < -0.4 is 5.48 Å². The molecule has 0 atom stereocenters. The summed E-state index contributed by atoms with van der Waals surface area (Å²) in [5.74, 6) is -0.0927. The molecule has 0 saturated carbocycles. The number of benzene rings is 2. The van der Waals surface area contributed by atoms with Gasteiger partial charge in [-0.3, -0.25) is 9.63 Å². The van der Waals surface area contributed by atoms with Crippen molar-refractivity contribution in [3.05, 3.63) is 65.7 Å². The van der Waals surface area contributed by atoms with Crippen molar-refractivity contribution >= 4 is 15.9 Å². The van der Waals surface area contributed by atoms with Gasteiger partial charge in [0.2, 0.25) is 15.9 Å². The van der Waals surface area contributed by atoms with Gasteiger partial charge in [0.15, 0.2) is 0 Å². The third-order valence-corrected chi connectivity index (χ3v) is 7.18. The highest BCUT2D eigenvalue weighted by atomic mass is 32.2. The number of nitrogens with one attached hydrogen (secondary N) is 1. The Morgan fingerprint density at radius 1 is 1.07 bits per heavy atom. The molecule has 0 bridgehead atoms. The van der Waals surface area contributed by atoms with E-state index in [-0.39, 0.29) is 11.8 Å². The fourth-order valence-electron chi connectivity index (χ4n) is 3.38. The standard InChI is InChI=1S/C22H28N2O4S/c1-17(2)19-8-10-21(11-9-19)29(26,27)24-14-12-20(13-15-24)22(25)23-28-16-18-6-4-3-5-7-18/h3-11,17,20H,12-16H2,1-2H3,(H,23,25). The number of hydrogen-bond acceptors (Lipinski definition) is 4. The second-order valence-electron chi connectivity index (χ2n) is 7.64. The van der Waals surface area contributed by atoms with Gasteiger partial charge in [-0.25, -0.2) is 13.9 Å². The lowest BCUT2D eigenvalue weighted by atomic mass is 9.98. The van der Waals surface area contributed by atoms with Gasteiger partial charge in [-0.1, -0.05) is 56.3 Å². The van der Waals surface area contributed by atoms with E-state index in [1.807, 2.05) is 42.5 Å². The van der Waals surface area contributed by atoms with Crippen LogP contribution in [0.15, 0.2) is 59.5 Å². The van der Waals surface area contributed by atoms with Crippen molar-refractivity contribution in [3.63, 3.8) is 0 Å². The van der Waals surface area contributed by atoms with Crippen molar-refractivity contribution in [2.24, 2.45) is 5.92 Å². The zero-order valence-corrected chi connectivity index (χ0v) is 17.7. The fraction of sp³-hybridized carbons (Fsp3) is 0.409. The SMILES string of the molecule is CC(C)c1ccc(S(=O)(=O)N2CCC(C(=O)NOCc3ccccc3)CC2)cc1. The average molecular weight is 417 g/mol. The molecule has 2 aromatic rings. The quantitative estimate of drug-likeness (QED) is 0.702. The van der Waals surface area contributed by atoms with Crippen molar-refractivity contribution in [2.75, 3.05) is 13.1 Å². The van der Waals surface area contributed by atoms with Crippen molar-refractivity contribution in [2.45, 2.75) is 44.1 Å². The summed E-state index contributed by atoms with van der Waals surface area (Å²) in [5.41, 5.74) is 4.57. The summed E-state index contributed by atoms with van der Waals surface area (Å²) in [6.45, 7) is 5.09. The van der Waals surface area contributed by atoms with E-state index in [0.29, 0.717) is 43.4 Å². The molecule has 3 rings (SSSR count). The molecule has 1 saturated heterocycles. The van der Waals surface area contributed by atoms with Crippen LogP contribution in [0.4, 0.5) is 0 Å². The van der Waals surface area contributed by atoms with Gasteiger partial charge in [-0.05, 0) is 42.0 Å². The first kappa shape index (κ1) is 21.5. The molecule has 7 heteroatoms. The highest BCUT2D eigenvalue weighted by molar-refractivity contribution is 7.89. The van der Waals surface area contributed by atoms with E-state index in [1.165, 1.54) is 4.31 Å². The van der Waals surface area contributed by atoms with Crippen LogP contribution in [-0.4, -0.2) is 31.7 Å². The summed E-state index contributed by atoms with van der Waals surface area (Å²) in [4.78, 5) is 17.9. The molecule has 0 aromatic heterocycles. The Hall–Kier alpha value is -2.22. The largest absolute Gasteiger partial charge is 0.272 e. The van der Waals surface area contributed by atoms with Gasteiger partial charge in [0.25, 0.3) is 0 Å². The summed E-state index contributed by atoms with van der Waals surface area (Å²) in [6, 6.07) is 16.6. The number of rotatable bonds is 7. The zero-order valence-electron chi connectivity index (χ0n) is 16.9. The van der Waals surface area contributed by atoms with Crippen molar-refractivity contribution in [1.82, 2.24) is 9.79 Å². The maximum absolute atomic E-state index is 12.9. The Labute approximate surface area is 172 Å². The third-order valence-electron chi connectivity index (χ3n) is 5.26. The van der Waals surface area contributed by atoms with E-state index in [2.05, 4.69) is 19.3 Å². The zero-order chi connectivity index (χ0) is 20.9. The van der Waals surface area contributed by atoms with E-state index >= 15 is 0 Å². The van der Waals surface area contributed by atoms with Crippen LogP contribution >= 0.6 is 0 Å². The second kappa shape index (κ2) is 9.52.